The van der Waals surface area contributed by atoms with Gasteiger partial charge in [-0.3, -0.25) is 4.90 Å². The molecule has 1 saturated heterocycles. The maximum Gasteiger partial charge on any atom is 0.136 e. The number of rotatable bonds is 3. The third-order valence-corrected chi connectivity index (χ3v) is 4.30. The summed E-state index contributed by atoms with van der Waals surface area (Å²) in [6, 6.07) is -0.723. The van der Waals surface area contributed by atoms with E-state index in [1.54, 1.807) is 0 Å². The highest BCUT2D eigenvalue weighted by molar-refractivity contribution is 4.97. The van der Waals surface area contributed by atoms with Crippen LogP contribution >= 0.6 is 0 Å². The minimum atomic E-state index is -1.42. The Labute approximate surface area is 106 Å². The maximum absolute atomic E-state index is 9.98. The van der Waals surface area contributed by atoms with E-state index in [-0.39, 0.29) is 6.61 Å². The smallest absolute Gasteiger partial charge is 0.136 e. The first kappa shape index (κ1) is 14.2. The third kappa shape index (κ3) is 2.54. The Kier molecular flexibility index (Phi) is 4.58. The molecule has 1 heterocycles. The predicted molar refractivity (Wildman–Crippen MR) is 63.6 cm³/mol. The van der Waals surface area contributed by atoms with Crippen molar-refractivity contribution in [3.8, 4) is 0 Å². The molecule has 0 aromatic carbocycles. The molecule has 5 N–H and O–H groups in total. The molecule has 1 aliphatic heterocycles. The third-order valence-electron chi connectivity index (χ3n) is 4.30. The molecule has 106 valence electrons. The van der Waals surface area contributed by atoms with Crippen LogP contribution in [-0.4, -0.2) is 74.2 Å². The first-order valence-electron chi connectivity index (χ1n) is 6.65. The first-order chi connectivity index (χ1) is 8.56. The molecule has 0 bridgehead atoms. The van der Waals surface area contributed by atoms with Gasteiger partial charge >= 0.3 is 0 Å². The van der Waals surface area contributed by atoms with Gasteiger partial charge in [0, 0.05) is 6.54 Å². The molecular formula is C12H23NO5. The lowest BCUT2D eigenvalue weighted by Crippen LogP contribution is -2.67. The summed E-state index contributed by atoms with van der Waals surface area (Å²) in [5, 5.41) is 48.4. The van der Waals surface area contributed by atoms with E-state index in [4.69, 9.17) is 0 Å². The van der Waals surface area contributed by atoms with E-state index in [1.165, 1.54) is 4.90 Å². The van der Waals surface area contributed by atoms with Crippen molar-refractivity contribution in [1.82, 2.24) is 4.90 Å². The highest BCUT2D eigenvalue weighted by atomic mass is 16.4. The second-order valence-electron chi connectivity index (χ2n) is 5.48. The number of aliphatic hydroxyl groups excluding tert-OH is 5. The summed E-state index contributed by atoms with van der Waals surface area (Å²) in [5.74, 6) is 0.420. The van der Waals surface area contributed by atoms with Crippen molar-refractivity contribution in [2.75, 3.05) is 13.2 Å². The van der Waals surface area contributed by atoms with Crippen LogP contribution in [0.5, 0.6) is 0 Å². The highest BCUT2D eigenvalue weighted by Gasteiger charge is 2.47. The normalized spacial score (nSPS) is 43.5. The molecular weight excluding hydrogens is 238 g/mol. The molecule has 2 rings (SSSR count). The van der Waals surface area contributed by atoms with E-state index >= 15 is 0 Å². The van der Waals surface area contributed by atoms with Crippen LogP contribution in [0, 0.1) is 5.92 Å². The van der Waals surface area contributed by atoms with Crippen molar-refractivity contribution < 1.29 is 25.5 Å². The quantitative estimate of drug-likeness (QED) is 0.413. The number of nitrogens with zero attached hydrogens (tertiary/aromatic N) is 1. The molecule has 0 aromatic rings. The van der Waals surface area contributed by atoms with Gasteiger partial charge < -0.3 is 25.5 Å². The molecule has 0 amide bonds. The summed E-state index contributed by atoms with van der Waals surface area (Å²) in [7, 11) is 0. The Bertz CT molecular complexity index is 271. The largest absolute Gasteiger partial charge is 0.395 e. The summed E-state index contributed by atoms with van der Waals surface area (Å²) >= 11 is 0. The molecule has 6 heteroatoms. The van der Waals surface area contributed by atoms with Crippen molar-refractivity contribution >= 4 is 0 Å². The van der Waals surface area contributed by atoms with E-state index in [2.05, 4.69) is 0 Å². The van der Waals surface area contributed by atoms with Gasteiger partial charge in [-0.1, -0.05) is 12.8 Å². The van der Waals surface area contributed by atoms with Crippen LogP contribution in [-0.2, 0) is 0 Å². The van der Waals surface area contributed by atoms with E-state index in [0.717, 1.165) is 25.7 Å². The number of piperidine rings is 1. The Morgan fingerprint density at radius 3 is 2.06 bits per heavy atom. The summed E-state index contributed by atoms with van der Waals surface area (Å²) in [6.45, 7) is 0.183. The van der Waals surface area contributed by atoms with Crippen molar-refractivity contribution in [2.24, 2.45) is 5.92 Å². The topological polar surface area (TPSA) is 104 Å². The summed E-state index contributed by atoms with van der Waals surface area (Å²) < 4.78 is 0. The number of likely N-dealkylation sites (tertiary alicyclic amines) is 1. The van der Waals surface area contributed by atoms with Crippen LogP contribution in [0.25, 0.3) is 0 Å². The predicted octanol–water partition coefficient (Wildman–Crippen LogP) is -1.75. The molecule has 6 nitrogen and oxygen atoms in total. The van der Waals surface area contributed by atoms with E-state index in [9.17, 15) is 25.5 Å². The maximum atomic E-state index is 9.98. The SMILES string of the molecule is OC[C@@H]1[C@@H](O)[C@H](O)[C@@H](O)C(O)N1CC1CCCC1. The average Bonchev–Trinajstić information content (AvgIpc) is 2.87. The van der Waals surface area contributed by atoms with Gasteiger partial charge in [0.25, 0.3) is 0 Å². The zero-order valence-electron chi connectivity index (χ0n) is 10.4. The van der Waals surface area contributed by atoms with Gasteiger partial charge in [0.05, 0.1) is 12.6 Å². The fraction of sp³-hybridized carbons (Fsp3) is 1.00. The monoisotopic (exact) mass is 261 g/mol. The van der Waals surface area contributed by atoms with Gasteiger partial charge in [-0.25, -0.2) is 0 Å². The second kappa shape index (κ2) is 5.81. The summed E-state index contributed by atoms with van der Waals surface area (Å²) in [6.07, 6.45) is -0.845. The van der Waals surface area contributed by atoms with Gasteiger partial charge in [-0.05, 0) is 18.8 Å². The fourth-order valence-corrected chi connectivity index (χ4v) is 3.14. The molecule has 1 unspecified atom stereocenters. The molecule has 5 atom stereocenters. The Hall–Kier alpha value is -0.240. The van der Waals surface area contributed by atoms with Crippen molar-refractivity contribution in [3.63, 3.8) is 0 Å². The zero-order valence-corrected chi connectivity index (χ0v) is 10.4. The Morgan fingerprint density at radius 1 is 0.889 bits per heavy atom. The van der Waals surface area contributed by atoms with Crippen LogP contribution in [0.4, 0.5) is 0 Å². The van der Waals surface area contributed by atoms with Crippen LogP contribution in [0.2, 0.25) is 0 Å². The lowest BCUT2D eigenvalue weighted by atomic mass is 9.91. The zero-order chi connectivity index (χ0) is 13.3. The summed E-state index contributed by atoms with van der Waals surface area (Å²) in [4.78, 5) is 1.53. The molecule has 0 spiro atoms. The molecule has 1 aliphatic carbocycles. The molecule has 18 heavy (non-hydrogen) atoms. The molecule has 1 saturated carbocycles. The van der Waals surface area contributed by atoms with Gasteiger partial charge in [-0.15, -0.1) is 0 Å². The lowest BCUT2D eigenvalue weighted by molar-refractivity contribution is -0.225. The average molecular weight is 261 g/mol. The molecule has 2 aliphatic rings. The minimum Gasteiger partial charge on any atom is -0.395 e. The first-order valence-corrected chi connectivity index (χ1v) is 6.65. The van der Waals surface area contributed by atoms with E-state index in [0.29, 0.717) is 12.5 Å². The highest BCUT2D eigenvalue weighted by Crippen LogP contribution is 2.30. The minimum absolute atomic E-state index is 0.352. The van der Waals surface area contributed by atoms with Gasteiger partial charge in [0.15, 0.2) is 0 Å². The Morgan fingerprint density at radius 2 is 1.50 bits per heavy atom. The molecule has 2 fully saturated rings. The molecule has 0 radical (unpaired) electrons. The van der Waals surface area contributed by atoms with Gasteiger partial charge in [0.2, 0.25) is 0 Å². The summed E-state index contributed by atoms with van der Waals surface area (Å²) in [5.41, 5.74) is 0. The fourth-order valence-electron chi connectivity index (χ4n) is 3.14. The van der Waals surface area contributed by atoms with Gasteiger partial charge in [0.1, 0.15) is 24.5 Å². The van der Waals surface area contributed by atoms with Crippen LogP contribution in [0.15, 0.2) is 0 Å². The second-order valence-corrected chi connectivity index (χ2v) is 5.48. The van der Waals surface area contributed by atoms with Crippen LogP contribution < -0.4 is 0 Å². The van der Waals surface area contributed by atoms with E-state index < -0.39 is 30.6 Å². The van der Waals surface area contributed by atoms with E-state index in [1.807, 2.05) is 0 Å². The standard InChI is InChI=1S/C12H23NO5/c14-6-8-9(15)10(16)11(17)12(18)13(8)5-7-3-1-2-4-7/h7-12,14-18H,1-6H2/t8-,9-,10+,11-,12?/m1/s1. The number of hydrogen-bond acceptors (Lipinski definition) is 6. The van der Waals surface area contributed by atoms with Crippen molar-refractivity contribution in [3.05, 3.63) is 0 Å². The van der Waals surface area contributed by atoms with Crippen LogP contribution in [0.3, 0.4) is 0 Å². The number of aliphatic hydroxyl groups is 5. The van der Waals surface area contributed by atoms with Crippen molar-refractivity contribution in [1.29, 1.82) is 0 Å². The number of hydrogen-bond donors (Lipinski definition) is 5. The Balaban J connectivity index is 2.08. The van der Waals surface area contributed by atoms with Crippen LogP contribution in [0.1, 0.15) is 25.7 Å². The van der Waals surface area contributed by atoms with Crippen molar-refractivity contribution in [2.45, 2.75) is 56.3 Å². The molecule has 0 aromatic heterocycles. The van der Waals surface area contributed by atoms with Gasteiger partial charge in [-0.2, -0.15) is 0 Å². The lowest BCUT2D eigenvalue weighted by Gasteiger charge is -2.47.